The minimum atomic E-state index is -4.25. The number of likely N-dealkylation sites (tertiary alicyclic amines) is 1. The first kappa shape index (κ1) is 27.5. The van der Waals surface area contributed by atoms with E-state index in [2.05, 4.69) is 24.7 Å². The molecule has 1 fully saturated rings. The molecule has 2 aromatic carbocycles. The molecule has 2 N–H and O–H groups in total. The molecule has 1 amide bonds. The lowest BCUT2D eigenvalue weighted by atomic mass is 9.89. The average molecular weight is 588 g/mol. The van der Waals surface area contributed by atoms with Gasteiger partial charge in [0.05, 0.1) is 22.0 Å². The van der Waals surface area contributed by atoms with Gasteiger partial charge >= 0.3 is 0 Å². The number of carbonyl (C=O) groups is 1. The number of nitrogens with one attached hydrogen (secondary N) is 2. The van der Waals surface area contributed by atoms with Crippen molar-refractivity contribution in [1.29, 1.82) is 0 Å². The van der Waals surface area contributed by atoms with E-state index in [-0.39, 0.29) is 50.1 Å². The third kappa shape index (κ3) is 5.63. The molecule has 0 spiro atoms. The highest BCUT2D eigenvalue weighted by Gasteiger charge is 2.30. The number of piperidine rings is 1. The highest BCUT2D eigenvalue weighted by Crippen LogP contribution is 2.34. The van der Waals surface area contributed by atoms with Crippen LogP contribution in [0.2, 0.25) is 5.02 Å². The maximum Gasteiger partial charge on any atom is 0.280 e. The Hall–Kier alpha value is -4.03. The Labute approximate surface area is 234 Å². The van der Waals surface area contributed by atoms with Crippen LogP contribution in [0.1, 0.15) is 40.2 Å². The minimum Gasteiger partial charge on any atom is -0.363 e. The zero-order chi connectivity index (χ0) is 28.4. The monoisotopic (exact) mass is 587 g/mol. The smallest absolute Gasteiger partial charge is 0.280 e. The van der Waals surface area contributed by atoms with Crippen LogP contribution in [0.3, 0.4) is 0 Å². The number of halogens is 3. The van der Waals surface area contributed by atoms with Gasteiger partial charge in [-0.05, 0) is 55.5 Å². The van der Waals surface area contributed by atoms with Crippen molar-refractivity contribution in [2.45, 2.75) is 30.7 Å². The molecular formula is C27H24ClF2N5O4S. The quantitative estimate of drug-likeness (QED) is 0.277. The fourth-order valence-corrected chi connectivity index (χ4v) is 6.04. The summed E-state index contributed by atoms with van der Waals surface area (Å²) in [6.45, 7) is 2.30. The lowest BCUT2D eigenvalue weighted by molar-refractivity contribution is 0.0713. The van der Waals surface area contributed by atoms with Gasteiger partial charge in [-0.3, -0.25) is 9.52 Å². The summed E-state index contributed by atoms with van der Waals surface area (Å²) < 4.78 is 61.4. The van der Waals surface area contributed by atoms with Crippen LogP contribution in [-0.2, 0) is 10.0 Å². The zero-order valence-corrected chi connectivity index (χ0v) is 22.8. The van der Waals surface area contributed by atoms with Crippen LogP contribution in [-0.4, -0.2) is 42.5 Å². The van der Waals surface area contributed by atoms with Gasteiger partial charge in [-0.15, -0.1) is 0 Å². The SMILES string of the molecule is Cc1c(S(=O)(=O)Nc2ccon2)ncc(C(=O)N2CCC(c3ccc(F)cc3)CC2)c1Nc1cccc(Cl)c1F. The van der Waals surface area contributed by atoms with E-state index in [9.17, 15) is 22.0 Å². The van der Waals surface area contributed by atoms with E-state index in [1.807, 2.05) is 0 Å². The van der Waals surface area contributed by atoms with Gasteiger partial charge in [0.1, 0.15) is 12.1 Å². The zero-order valence-electron chi connectivity index (χ0n) is 21.2. The van der Waals surface area contributed by atoms with E-state index in [1.165, 1.54) is 49.6 Å². The topological polar surface area (TPSA) is 117 Å². The van der Waals surface area contributed by atoms with Crippen LogP contribution in [0.4, 0.5) is 26.0 Å². The number of aromatic nitrogens is 2. The number of sulfonamides is 1. The van der Waals surface area contributed by atoms with E-state index >= 15 is 0 Å². The number of carbonyl (C=O) groups excluding carboxylic acids is 1. The molecule has 2 aromatic heterocycles. The van der Waals surface area contributed by atoms with Crippen LogP contribution < -0.4 is 10.0 Å². The van der Waals surface area contributed by atoms with E-state index < -0.39 is 21.7 Å². The van der Waals surface area contributed by atoms with Crippen LogP contribution in [0.5, 0.6) is 0 Å². The molecule has 3 heterocycles. The summed E-state index contributed by atoms with van der Waals surface area (Å²) in [6, 6.07) is 12.0. The minimum absolute atomic E-state index is 0.0429. The molecule has 40 heavy (non-hydrogen) atoms. The first-order valence-electron chi connectivity index (χ1n) is 12.3. The molecule has 0 atom stereocenters. The predicted octanol–water partition coefficient (Wildman–Crippen LogP) is 5.87. The van der Waals surface area contributed by atoms with Gasteiger partial charge in [0.15, 0.2) is 16.7 Å². The number of amides is 1. The lowest BCUT2D eigenvalue weighted by Gasteiger charge is -2.33. The molecule has 208 valence electrons. The first-order chi connectivity index (χ1) is 19.1. The van der Waals surface area contributed by atoms with E-state index in [4.69, 9.17) is 11.6 Å². The van der Waals surface area contributed by atoms with Gasteiger partial charge in [0.2, 0.25) is 0 Å². The maximum atomic E-state index is 14.8. The number of hydrogen-bond donors (Lipinski definition) is 2. The molecular weight excluding hydrogens is 564 g/mol. The van der Waals surface area contributed by atoms with Crippen molar-refractivity contribution in [3.05, 3.63) is 94.3 Å². The number of hydrogen-bond acceptors (Lipinski definition) is 7. The Bertz CT molecular complexity index is 1640. The normalized spacial score (nSPS) is 14.2. The van der Waals surface area contributed by atoms with Crippen molar-refractivity contribution < 1.29 is 26.5 Å². The van der Waals surface area contributed by atoms with Crippen molar-refractivity contribution in [1.82, 2.24) is 15.0 Å². The molecule has 13 heteroatoms. The van der Waals surface area contributed by atoms with Crippen LogP contribution in [0, 0.1) is 18.6 Å². The largest absolute Gasteiger partial charge is 0.363 e. The average Bonchev–Trinajstić information content (AvgIpc) is 3.44. The second-order valence-corrected chi connectivity index (χ2v) is 11.3. The molecule has 1 aliphatic heterocycles. The summed E-state index contributed by atoms with van der Waals surface area (Å²) in [5.74, 6) is -1.36. The van der Waals surface area contributed by atoms with Gasteiger partial charge in [-0.25, -0.2) is 13.8 Å². The number of rotatable bonds is 7. The van der Waals surface area contributed by atoms with Gasteiger partial charge in [0, 0.05) is 30.9 Å². The summed E-state index contributed by atoms with van der Waals surface area (Å²) in [5.41, 5.74) is 1.18. The molecule has 1 saturated heterocycles. The molecule has 1 aliphatic rings. The summed E-state index contributed by atoms with van der Waals surface area (Å²) in [5, 5.41) is 5.90. The van der Waals surface area contributed by atoms with Crippen molar-refractivity contribution >= 4 is 44.7 Å². The van der Waals surface area contributed by atoms with Gasteiger partial charge in [-0.1, -0.05) is 35.0 Å². The summed E-state index contributed by atoms with van der Waals surface area (Å²) in [6.07, 6.45) is 3.67. The van der Waals surface area contributed by atoms with E-state index in [1.54, 1.807) is 17.0 Å². The standard InChI is InChI=1S/C27H24ClF2N5O4S/c1-16-25(32-22-4-2-3-21(28)24(22)30)20(15-31-26(16)40(37,38)34-23-11-14-39-33-23)27(36)35-12-9-18(10-13-35)17-5-7-19(29)8-6-17/h2-8,11,14-15,18H,9-10,12-13H2,1H3,(H,31,32)(H,33,34). The highest BCUT2D eigenvalue weighted by atomic mass is 35.5. The lowest BCUT2D eigenvalue weighted by Crippen LogP contribution is -2.38. The molecule has 5 rings (SSSR count). The molecule has 0 aliphatic carbocycles. The van der Waals surface area contributed by atoms with Crippen molar-refractivity contribution in [3.63, 3.8) is 0 Å². The fourth-order valence-electron chi connectivity index (χ4n) is 4.70. The number of benzene rings is 2. The summed E-state index contributed by atoms with van der Waals surface area (Å²) >= 11 is 5.96. The summed E-state index contributed by atoms with van der Waals surface area (Å²) in [4.78, 5) is 19.5. The third-order valence-corrected chi connectivity index (χ3v) is 8.46. The Balaban J connectivity index is 1.47. The van der Waals surface area contributed by atoms with Crippen LogP contribution in [0.15, 0.2) is 70.5 Å². The van der Waals surface area contributed by atoms with Gasteiger partial charge < -0.3 is 14.7 Å². The molecule has 0 unspecified atom stereocenters. The van der Waals surface area contributed by atoms with Gasteiger partial charge in [-0.2, -0.15) is 8.42 Å². The third-order valence-electron chi connectivity index (χ3n) is 6.77. The van der Waals surface area contributed by atoms with Crippen LogP contribution in [0.25, 0.3) is 0 Å². The molecule has 0 radical (unpaired) electrons. The summed E-state index contributed by atoms with van der Waals surface area (Å²) in [7, 11) is -4.25. The molecule has 4 aromatic rings. The van der Waals surface area contributed by atoms with E-state index in [0.29, 0.717) is 25.9 Å². The Morgan fingerprint density at radius 3 is 2.50 bits per heavy atom. The van der Waals surface area contributed by atoms with Gasteiger partial charge in [0.25, 0.3) is 15.9 Å². The van der Waals surface area contributed by atoms with Crippen molar-refractivity contribution in [3.8, 4) is 0 Å². The second kappa shape index (κ2) is 11.2. The predicted molar refractivity (Wildman–Crippen MR) is 145 cm³/mol. The Morgan fingerprint density at radius 1 is 1.10 bits per heavy atom. The number of nitrogens with zero attached hydrogens (tertiary/aromatic N) is 3. The van der Waals surface area contributed by atoms with Crippen LogP contribution >= 0.6 is 11.6 Å². The fraction of sp³-hybridized carbons (Fsp3) is 0.222. The van der Waals surface area contributed by atoms with Crippen molar-refractivity contribution in [2.24, 2.45) is 0 Å². The Kier molecular flexibility index (Phi) is 7.72. The van der Waals surface area contributed by atoms with E-state index in [0.717, 1.165) is 11.8 Å². The number of pyridine rings is 1. The highest BCUT2D eigenvalue weighted by molar-refractivity contribution is 7.92. The maximum absolute atomic E-state index is 14.8. The molecule has 0 bridgehead atoms. The molecule has 0 saturated carbocycles. The number of anilines is 3. The van der Waals surface area contributed by atoms with Crippen molar-refractivity contribution in [2.75, 3.05) is 23.1 Å². The second-order valence-electron chi connectivity index (χ2n) is 9.31. The Morgan fingerprint density at radius 2 is 1.82 bits per heavy atom. The first-order valence-corrected chi connectivity index (χ1v) is 14.2. The molecule has 9 nitrogen and oxygen atoms in total.